The number of benzene rings is 2. The SMILES string of the molecule is C=CC(=O)NCc1ccc(-c2ccc(F)cc2)cc1-c1ccccn1. The Hall–Kier alpha value is -3.27. The number of amides is 1. The lowest BCUT2D eigenvalue weighted by atomic mass is 9.97. The van der Waals surface area contributed by atoms with Crippen LogP contribution in [0.2, 0.25) is 0 Å². The molecule has 1 N–H and O–H groups in total. The molecule has 0 spiro atoms. The topological polar surface area (TPSA) is 42.0 Å². The van der Waals surface area contributed by atoms with E-state index in [1.807, 2.05) is 36.4 Å². The molecular formula is C21H17FN2O. The molecular weight excluding hydrogens is 315 g/mol. The predicted molar refractivity (Wildman–Crippen MR) is 97.1 cm³/mol. The lowest BCUT2D eigenvalue weighted by Gasteiger charge is -2.12. The molecule has 0 aliphatic rings. The van der Waals surface area contributed by atoms with Crippen molar-refractivity contribution in [1.29, 1.82) is 0 Å². The van der Waals surface area contributed by atoms with Crippen LogP contribution >= 0.6 is 0 Å². The Bertz CT molecular complexity index is 890. The first-order valence-corrected chi connectivity index (χ1v) is 7.88. The predicted octanol–water partition coefficient (Wildman–Crippen LogP) is 4.36. The van der Waals surface area contributed by atoms with Crippen molar-refractivity contribution in [3.05, 3.63) is 90.9 Å². The van der Waals surface area contributed by atoms with Gasteiger partial charge in [0, 0.05) is 18.3 Å². The molecule has 0 aliphatic carbocycles. The Labute approximate surface area is 145 Å². The van der Waals surface area contributed by atoms with Gasteiger partial charge in [0.2, 0.25) is 5.91 Å². The van der Waals surface area contributed by atoms with E-state index in [9.17, 15) is 9.18 Å². The molecule has 0 fully saturated rings. The minimum absolute atomic E-state index is 0.227. The average Bonchev–Trinajstić information content (AvgIpc) is 2.67. The molecule has 0 radical (unpaired) electrons. The van der Waals surface area contributed by atoms with Gasteiger partial charge in [0.15, 0.2) is 0 Å². The largest absolute Gasteiger partial charge is 0.348 e. The summed E-state index contributed by atoms with van der Waals surface area (Å²) in [6.45, 7) is 3.83. The van der Waals surface area contributed by atoms with Gasteiger partial charge in [-0.1, -0.05) is 36.9 Å². The molecule has 3 aromatic rings. The van der Waals surface area contributed by atoms with Crippen LogP contribution in [0.3, 0.4) is 0 Å². The van der Waals surface area contributed by atoms with E-state index in [0.717, 1.165) is 27.9 Å². The maximum absolute atomic E-state index is 13.2. The fourth-order valence-corrected chi connectivity index (χ4v) is 2.57. The zero-order valence-corrected chi connectivity index (χ0v) is 13.6. The highest BCUT2D eigenvalue weighted by atomic mass is 19.1. The van der Waals surface area contributed by atoms with Gasteiger partial charge >= 0.3 is 0 Å². The average molecular weight is 332 g/mol. The summed E-state index contributed by atoms with van der Waals surface area (Å²) in [4.78, 5) is 15.9. The third-order valence-corrected chi connectivity index (χ3v) is 3.87. The number of carbonyl (C=O) groups excluding carboxylic acids is 1. The number of aromatic nitrogens is 1. The van der Waals surface area contributed by atoms with Gasteiger partial charge in [0.05, 0.1) is 5.69 Å². The molecule has 1 amide bonds. The molecule has 0 bridgehead atoms. The van der Waals surface area contributed by atoms with Crippen molar-refractivity contribution in [2.24, 2.45) is 0 Å². The number of hydrogen-bond donors (Lipinski definition) is 1. The maximum Gasteiger partial charge on any atom is 0.243 e. The van der Waals surface area contributed by atoms with Gasteiger partial charge in [-0.25, -0.2) is 4.39 Å². The molecule has 0 saturated carbocycles. The van der Waals surface area contributed by atoms with Crippen molar-refractivity contribution in [2.75, 3.05) is 0 Å². The van der Waals surface area contributed by atoms with Crippen molar-refractivity contribution in [1.82, 2.24) is 10.3 Å². The third-order valence-electron chi connectivity index (χ3n) is 3.87. The standard InChI is InChI=1S/C21H17FN2O/c1-2-21(25)24-14-17-7-6-16(15-8-10-18(22)11-9-15)13-19(17)20-5-3-4-12-23-20/h2-13H,1,14H2,(H,24,25). The van der Waals surface area contributed by atoms with Crippen LogP contribution in [0, 0.1) is 5.82 Å². The molecule has 0 aliphatic heterocycles. The van der Waals surface area contributed by atoms with E-state index in [-0.39, 0.29) is 11.7 Å². The van der Waals surface area contributed by atoms with Crippen LogP contribution in [0.15, 0.2) is 79.5 Å². The molecule has 4 heteroatoms. The summed E-state index contributed by atoms with van der Waals surface area (Å²) in [7, 11) is 0. The molecule has 0 saturated heterocycles. The minimum Gasteiger partial charge on any atom is -0.348 e. The monoisotopic (exact) mass is 332 g/mol. The Kier molecular flexibility index (Phi) is 5.00. The first kappa shape index (κ1) is 16.6. The van der Waals surface area contributed by atoms with Crippen LogP contribution in [0.4, 0.5) is 4.39 Å². The Morgan fingerprint density at radius 3 is 2.52 bits per heavy atom. The van der Waals surface area contributed by atoms with E-state index in [1.54, 1.807) is 18.3 Å². The molecule has 3 nitrogen and oxygen atoms in total. The van der Waals surface area contributed by atoms with Crippen LogP contribution in [-0.4, -0.2) is 10.9 Å². The fourth-order valence-electron chi connectivity index (χ4n) is 2.57. The van der Waals surface area contributed by atoms with Crippen LogP contribution in [0.5, 0.6) is 0 Å². The summed E-state index contributed by atoms with van der Waals surface area (Å²) < 4.78 is 13.2. The second-order valence-electron chi connectivity index (χ2n) is 5.52. The number of nitrogens with zero attached hydrogens (tertiary/aromatic N) is 1. The van der Waals surface area contributed by atoms with Gasteiger partial charge < -0.3 is 5.32 Å². The Morgan fingerprint density at radius 2 is 1.84 bits per heavy atom. The summed E-state index contributed by atoms with van der Waals surface area (Å²) in [5.74, 6) is -0.493. The van der Waals surface area contributed by atoms with Gasteiger partial charge in [-0.2, -0.15) is 0 Å². The number of pyridine rings is 1. The number of rotatable bonds is 5. The normalized spacial score (nSPS) is 10.3. The van der Waals surface area contributed by atoms with E-state index in [0.29, 0.717) is 6.54 Å². The zero-order chi connectivity index (χ0) is 17.6. The minimum atomic E-state index is -0.266. The molecule has 124 valence electrons. The highest BCUT2D eigenvalue weighted by Gasteiger charge is 2.10. The first-order chi connectivity index (χ1) is 12.2. The molecule has 3 rings (SSSR count). The second-order valence-corrected chi connectivity index (χ2v) is 5.52. The van der Waals surface area contributed by atoms with Gasteiger partial charge in [-0.15, -0.1) is 0 Å². The van der Waals surface area contributed by atoms with Crippen molar-refractivity contribution in [3.8, 4) is 22.4 Å². The van der Waals surface area contributed by atoms with E-state index in [2.05, 4.69) is 16.9 Å². The molecule has 0 unspecified atom stereocenters. The maximum atomic E-state index is 13.2. The van der Waals surface area contributed by atoms with E-state index in [4.69, 9.17) is 0 Å². The summed E-state index contributed by atoms with van der Waals surface area (Å²) in [6.07, 6.45) is 2.97. The van der Waals surface area contributed by atoms with E-state index < -0.39 is 0 Å². The van der Waals surface area contributed by atoms with Crippen LogP contribution in [0.25, 0.3) is 22.4 Å². The molecule has 25 heavy (non-hydrogen) atoms. The van der Waals surface area contributed by atoms with E-state index in [1.165, 1.54) is 18.2 Å². The number of carbonyl (C=O) groups is 1. The second kappa shape index (κ2) is 7.53. The summed E-state index contributed by atoms with van der Waals surface area (Å²) in [6, 6.07) is 18.0. The van der Waals surface area contributed by atoms with Crippen molar-refractivity contribution in [3.63, 3.8) is 0 Å². The van der Waals surface area contributed by atoms with Crippen molar-refractivity contribution in [2.45, 2.75) is 6.54 Å². The van der Waals surface area contributed by atoms with Crippen molar-refractivity contribution < 1.29 is 9.18 Å². The zero-order valence-electron chi connectivity index (χ0n) is 13.6. The molecule has 1 heterocycles. The lowest BCUT2D eigenvalue weighted by Crippen LogP contribution is -2.20. The van der Waals surface area contributed by atoms with Gasteiger partial charge in [-0.3, -0.25) is 9.78 Å². The molecule has 2 aromatic carbocycles. The van der Waals surface area contributed by atoms with Gasteiger partial charge in [-0.05, 0) is 53.1 Å². The summed E-state index contributed by atoms with van der Waals surface area (Å²) in [5, 5.41) is 2.79. The quantitative estimate of drug-likeness (QED) is 0.706. The molecule has 0 atom stereocenters. The Balaban J connectivity index is 2.02. The number of hydrogen-bond acceptors (Lipinski definition) is 2. The van der Waals surface area contributed by atoms with E-state index >= 15 is 0 Å². The first-order valence-electron chi connectivity index (χ1n) is 7.88. The Morgan fingerprint density at radius 1 is 1.08 bits per heavy atom. The number of nitrogens with one attached hydrogen (secondary N) is 1. The lowest BCUT2D eigenvalue weighted by molar-refractivity contribution is -0.116. The summed E-state index contributed by atoms with van der Waals surface area (Å²) >= 11 is 0. The van der Waals surface area contributed by atoms with Crippen LogP contribution < -0.4 is 5.32 Å². The highest BCUT2D eigenvalue weighted by Crippen LogP contribution is 2.28. The summed E-state index contributed by atoms with van der Waals surface area (Å²) in [5.41, 5.74) is 4.56. The van der Waals surface area contributed by atoms with Gasteiger partial charge in [0.25, 0.3) is 0 Å². The third kappa shape index (κ3) is 3.98. The van der Waals surface area contributed by atoms with Crippen LogP contribution in [0.1, 0.15) is 5.56 Å². The van der Waals surface area contributed by atoms with Gasteiger partial charge in [0.1, 0.15) is 5.82 Å². The highest BCUT2D eigenvalue weighted by molar-refractivity contribution is 5.87. The number of halogens is 1. The van der Waals surface area contributed by atoms with Crippen LogP contribution in [-0.2, 0) is 11.3 Å². The fraction of sp³-hybridized carbons (Fsp3) is 0.0476. The smallest absolute Gasteiger partial charge is 0.243 e. The molecule has 1 aromatic heterocycles. The van der Waals surface area contributed by atoms with Crippen molar-refractivity contribution >= 4 is 5.91 Å².